The highest BCUT2D eigenvalue weighted by Crippen LogP contribution is 2.14. The molecule has 0 aliphatic carbocycles. The molecule has 1 aromatic carbocycles. The summed E-state index contributed by atoms with van der Waals surface area (Å²) in [7, 11) is 0. The zero-order chi connectivity index (χ0) is 13.8. The molecule has 1 aromatic rings. The van der Waals surface area contributed by atoms with Crippen molar-refractivity contribution in [3.63, 3.8) is 0 Å². The average Bonchev–Trinajstić information content (AvgIpc) is 2.86. The number of nitrogens with one attached hydrogen (secondary N) is 2. The molecule has 102 valence electrons. The van der Waals surface area contributed by atoms with Gasteiger partial charge in [-0.05, 0) is 19.1 Å². The van der Waals surface area contributed by atoms with Gasteiger partial charge in [0.15, 0.2) is 0 Å². The Morgan fingerprint density at radius 1 is 1.26 bits per heavy atom. The fourth-order valence-corrected chi connectivity index (χ4v) is 1.99. The summed E-state index contributed by atoms with van der Waals surface area (Å²) in [4.78, 5) is 23.4. The maximum atomic E-state index is 12.0. The van der Waals surface area contributed by atoms with E-state index in [1.807, 2.05) is 19.1 Å². The molecule has 2 atom stereocenters. The summed E-state index contributed by atoms with van der Waals surface area (Å²) in [5, 5.41) is 11.4. The zero-order valence-electron chi connectivity index (χ0n) is 10.6. The molecule has 1 aliphatic rings. The van der Waals surface area contributed by atoms with Crippen LogP contribution in [0.1, 0.15) is 15.9 Å². The van der Waals surface area contributed by atoms with Crippen LogP contribution in [-0.4, -0.2) is 36.3 Å². The molecule has 6 nitrogen and oxygen atoms in total. The van der Waals surface area contributed by atoms with E-state index >= 15 is 0 Å². The summed E-state index contributed by atoms with van der Waals surface area (Å²) in [5.74, 6) is -1.38. The average molecular weight is 264 g/mol. The number of aryl methyl sites for hydroxylation is 1. The van der Waals surface area contributed by atoms with Crippen LogP contribution in [0, 0.1) is 12.8 Å². The van der Waals surface area contributed by atoms with Crippen LogP contribution in [0.4, 0.5) is 0 Å². The fourth-order valence-electron chi connectivity index (χ4n) is 1.99. The van der Waals surface area contributed by atoms with Gasteiger partial charge in [0, 0.05) is 5.56 Å². The number of benzene rings is 1. The van der Waals surface area contributed by atoms with Gasteiger partial charge in [0.1, 0.15) is 0 Å². The molecule has 1 fully saturated rings. The van der Waals surface area contributed by atoms with E-state index in [1.165, 1.54) is 0 Å². The second kappa shape index (κ2) is 5.81. The van der Waals surface area contributed by atoms with Crippen molar-refractivity contribution in [1.29, 1.82) is 0 Å². The molecule has 0 saturated carbocycles. The molecule has 0 spiro atoms. The van der Waals surface area contributed by atoms with Gasteiger partial charge in [-0.1, -0.05) is 17.7 Å². The van der Waals surface area contributed by atoms with E-state index < -0.39 is 17.9 Å². The Hall–Kier alpha value is -1.92. The first-order chi connectivity index (χ1) is 9.11. The molecule has 2 unspecified atom stereocenters. The lowest BCUT2D eigenvalue weighted by Crippen LogP contribution is -2.45. The summed E-state index contributed by atoms with van der Waals surface area (Å²) in [6.07, 6.45) is 0. The largest absolute Gasteiger partial charge is 0.378 e. The lowest BCUT2D eigenvalue weighted by molar-refractivity contribution is -0.133. The maximum absolute atomic E-state index is 12.0. The van der Waals surface area contributed by atoms with Gasteiger partial charge in [0.2, 0.25) is 0 Å². The van der Waals surface area contributed by atoms with Crippen LogP contribution in [0.3, 0.4) is 0 Å². The van der Waals surface area contributed by atoms with Crippen molar-refractivity contribution in [3.05, 3.63) is 35.4 Å². The third-order valence-electron chi connectivity index (χ3n) is 3.16. The van der Waals surface area contributed by atoms with Gasteiger partial charge in [-0.2, -0.15) is 0 Å². The first-order valence-corrected chi connectivity index (χ1v) is 6.01. The van der Waals surface area contributed by atoms with Crippen LogP contribution in [-0.2, 0) is 9.53 Å². The third kappa shape index (κ3) is 3.10. The van der Waals surface area contributed by atoms with Gasteiger partial charge in [-0.3, -0.25) is 14.8 Å². The molecule has 0 aromatic heterocycles. The van der Waals surface area contributed by atoms with Gasteiger partial charge in [0.05, 0.1) is 25.2 Å². The first-order valence-electron chi connectivity index (χ1n) is 6.01. The Morgan fingerprint density at radius 2 is 1.95 bits per heavy atom. The monoisotopic (exact) mass is 264 g/mol. The van der Waals surface area contributed by atoms with Crippen molar-refractivity contribution >= 4 is 11.8 Å². The standard InChI is InChI=1S/C13H16N2O4/c1-8-2-4-9(5-3-8)12(16)14-11-7-19-6-10(11)13(17)15-18/h2-5,10-11,18H,6-7H2,1H3,(H,14,16)(H,15,17). The molecule has 1 saturated heterocycles. The molecule has 3 N–H and O–H groups in total. The minimum absolute atomic E-state index is 0.186. The van der Waals surface area contributed by atoms with Crippen molar-refractivity contribution in [2.24, 2.45) is 5.92 Å². The van der Waals surface area contributed by atoms with E-state index in [4.69, 9.17) is 9.94 Å². The van der Waals surface area contributed by atoms with E-state index in [-0.39, 0.29) is 19.1 Å². The van der Waals surface area contributed by atoms with Crippen LogP contribution >= 0.6 is 0 Å². The van der Waals surface area contributed by atoms with Crippen molar-refractivity contribution in [2.75, 3.05) is 13.2 Å². The van der Waals surface area contributed by atoms with E-state index in [1.54, 1.807) is 17.6 Å². The maximum Gasteiger partial charge on any atom is 0.251 e. The normalized spacial score (nSPS) is 22.0. The smallest absolute Gasteiger partial charge is 0.251 e. The van der Waals surface area contributed by atoms with Gasteiger partial charge < -0.3 is 10.1 Å². The molecule has 2 rings (SSSR count). The molecule has 0 bridgehead atoms. The summed E-state index contributed by atoms with van der Waals surface area (Å²) >= 11 is 0. The minimum atomic E-state index is -0.570. The van der Waals surface area contributed by atoms with Crippen LogP contribution in [0.25, 0.3) is 0 Å². The molecule has 19 heavy (non-hydrogen) atoms. The number of hydrogen-bond donors (Lipinski definition) is 3. The van der Waals surface area contributed by atoms with E-state index in [0.717, 1.165) is 5.56 Å². The number of amides is 2. The molecule has 1 aliphatic heterocycles. The van der Waals surface area contributed by atoms with Gasteiger partial charge in [-0.25, -0.2) is 5.48 Å². The van der Waals surface area contributed by atoms with Gasteiger partial charge >= 0.3 is 0 Å². The highest BCUT2D eigenvalue weighted by molar-refractivity contribution is 5.95. The quantitative estimate of drug-likeness (QED) is 0.539. The lowest BCUT2D eigenvalue weighted by atomic mass is 10.0. The highest BCUT2D eigenvalue weighted by atomic mass is 16.5. The molecule has 2 amide bonds. The SMILES string of the molecule is Cc1ccc(C(=O)NC2COCC2C(=O)NO)cc1. The molecular formula is C13H16N2O4. The Kier molecular flexibility index (Phi) is 4.13. The van der Waals surface area contributed by atoms with Crippen LogP contribution in [0.15, 0.2) is 24.3 Å². The second-order valence-electron chi connectivity index (χ2n) is 4.57. The van der Waals surface area contributed by atoms with E-state index in [9.17, 15) is 9.59 Å². The van der Waals surface area contributed by atoms with E-state index in [0.29, 0.717) is 5.56 Å². The predicted octanol–water partition coefficient (Wildman–Crippen LogP) is 0.245. The topological polar surface area (TPSA) is 87.7 Å². The number of carbonyl (C=O) groups excluding carboxylic acids is 2. The van der Waals surface area contributed by atoms with Crippen molar-refractivity contribution < 1.29 is 19.5 Å². The third-order valence-corrected chi connectivity index (χ3v) is 3.16. The summed E-state index contributed by atoms with van der Waals surface area (Å²) in [6.45, 7) is 2.38. The van der Waals surface area contributed by atoms with Crippen molar-refractivity contribution in [3.8, 4) is 0 Å². The number of rotatable bonds is 3. The zero-order valence-corrected chi connectivity index (χ0v) is 10.6. The van der Waals surface area contributed by atoms with Gasteiger partial charge in [-0.15, -0.1) is 0 Å². The van der Waals surface area contributed by atoms with Crippen LogP contribution in [0.5, 0.6) is 0 Å². The number of ether oxygens (including phenoxy) is 1. The second-order valence-corrected chi connectivity index (χ2v) is 4.57. The summed E-state index contributed by atoms with van der Waals surface area (Å²) in [6, 6.07) is 6.71. The first kappa shape index (κ1) is 13.5. The van der Waals surface area contributed by atoms with Crippen LogP contribution in [0.2, 0.25) is 0 Å². The number of hydroxylamine groups is 1. The Morgan fingerprint density at radius 3 is 2.58 bits per heavy atom. The van der Waals surface area contributed by atoms with Crippen LogP contribution < -0.4 is 10.8 Å². The van der Waals surface area contributed by atoms with Gasteiger partial charge in [0.25, 0.3) is 11.8 Å². The highest BCUT2D eigenvalue weighted by Gasteiger charge is 2.35. The van der Waals surface area contributed by atoms with Crippen molar-refractivity contribution in [2.45, 2.75) is 13.0 Å². The molecule has 1 heterocycles. The lowest BCUT2D eigenvalue weighted by Gasteiger charge is -2.17. The van der Waals surface area contributed by atoms with Crippen molar-refractivity contribution in [1.82, 2.24) is 10.8 Å². The van der Waals surface area contributed by atoms with E-state index in [2.05, 4.69) is 5.32 Å². The number of carbonyl (C=O) groups is 2. The summed E-state index contributed by atoms with van der Waals surface area (Å²) in [5.41, 5.74) is 3.18. The molecule has 6 heteroatoms. The molecule has 0 radical (unpaired) electrons. The Bertz CT molecular complexity index is 472. The molecular weight excluding hydrogens is 248 g/mol. The number of hydrogen-bond acceptors (Lipinski definition) is 4. The minimum Gasteiger partial charge on any atom is -0.378 e. The predicted molar refractivity (Wildman–Crippen MR) is 66.7 cm³/mol. The Balaban J connectivity index is 2.02. The Labute approximate surface area is 110 Å². The summed E-state index contributed by atoms with van der Waals surface area (Å²) < 4.78 is 5.16. The fraction of sp³-hybridized carbons (Fsp3) is 0.385.